The molecule has 1 N–H and O–H groups in total. The summed E-state index contributed by atoms with van der Waals surface area (Å²) in [7, 11) is -3.51. The standard InChI is InChI=1S/C16H13N5O2S/c17-9-12-10-18-21(16(12)20-24(22,23)13-6-7-13)15-8-5-11-3-1-2-4-14(11)19-15/h1-5,8,10,13,20H,6-7H2. The van der Waals surface area contributed by atoms with Gasteiger partial charge >= 0.3 is 0 Å². The van der Waals surface area contributed by atoms with E-state index in [1.807, 2.05) is 36.4 Å². The average Bonchev–Trinajstić information content (AvgIpc) is 3.38. The Bertz CT molecular complexity index is 1080. The highest BCUT2D eigenvalue weighted by molar-refractivity contribution is 7.93. The Morgan fingerprint density at radius 2 is 2.00 bits per heavy atom. The fourth-order valence-corrected chi connectivity index (χ4v) is 3.86. The van der Waals surface area contributed by atoms with Crippen LogP contribution in [-0.2, 0) is 10.0 Å². The first-order chi connectivity index (χ1) is 11.6. The molecule has 2 heterocycles. The van der Waals surface area contributed by atoms with Crippen molar-refractivity contribution in [2.75, 3.05) is 4.72 Å². The minimum atomic E-state index is -3.51. The normalized spacial score (nSPS) is 14.5. The highest BCUT2D eigenvalue weighted by Crippen LogP contribution is 2.31. The van der Waals surface area contributed by atoms with E-state index >= 15 is 0 Å². The van der Waals surface area contributed by atoms with Crippen LogP contribution >= 0.6 is 0 Å². The summed E-state index contributed by atoms with van der Waals surface area (Å²) in [5, 5.41) is 14.0. The number of anilines is 1. The first-order valence-electron chi connectivity index (χ1n) is 7.44. The summed E-state index contributed by atoms with van der Waals surface area (Å²) < 4.78 is 28.3. The highest BCUT2D eigenvalue weighted by atomic mass is 32.2. The van der Waals surface area contributed by atoms with Crippen LogP contribution in [-0.4, -0.2) is 28.4 Å². The Labute approximate surface area is 138 Å². The number of aromatic nitrogens is 3. The first-order valence-corrected chi connectivity index (χ1v) is 8.99. The van der Waals surface area contributed by atoms with Crippen LogP contribution in [0.4, 0.5) is 5.82 Å². The molecule has 8 heteroatoms. The van der Waals surface area contributed by atoms with E-state index in [1.54, 1.807) is 6.07 Å². The number of nitriles is 1. The van der Waals surface area contributed by atoms with Crippen molar-refractivity contribution in [2.45, 2.75) is 18.1 Å². The number of pyridine rings is 1. The van der Waals surface area contributed by atoms with Gasteiger partial charge in [-0.05, 0) is 31.0 Å². The summed E-state index contributed by atoms with van der Waals surface area (Å²) in [6.45, 7) is 0. The number of nitrogens with zero attached hydrogens (tertiary/aromatic N) is 4. The lowest BCUT2D eigenvalue weighted by atomic mass is 10.2. The number of fused-ring (bicyclic) bond motifs is 1. The smallest absolute Gasteiger partial charge is 0.236 e. The molecule has 120 valence electrons. The second-order valence-electron chi connectivity index (χ2n) is 5.64. The number of hydrogen-bond acceptors (Lipinski definition) is 5. The van der Waals surface area contributed by atoms with E-state index in [-0.39, 0.29) is 11.4 Å². The van der Waals surface area contributed by atoms with Crippen LogP contribution < -0.4 is 4.72 Å². The summed E-state index contributed by atoms with van der Waals surface area (Å²) in [6, 6.07) is 13.2. The minimum absolute atomic E-state index is 0.132. The Kier molecular flexibility index (Phi) is 3.25. The molecule has 0 bridgehead atoms. The van der Waals surface area contributed by atoms with Gasteiger partial charge in [0.05, 0.1) is 17.0 Å². The second-order valence-corrected chi connectivity index (χ2v) is 7.60. The van der Waals surface area contributed by atoms with Crippen molar-refractivity contribution in [3.8, 4) is 11.9 Å². The molecule has 1 saturated carbocycles. The molecule has 0 amide bonds. The van der Waals surface area contributed by atoms with Crippen molar-refractivity contribution in [1.82, 2.24) is 14.8 Å². The molecule has 0 saturated heterocycles. The van der Waals surface area contributed by atoms with Crippen LogP contribution in [0.1, 0.15) is 18.4 Å². The van der Waals surface area contributed by atoms with Gasteiger partial charge in [-0.25, -0.2) is 13.4 Å². The van der Waals surface area contributed by atoms with Crippen molar-refractivity contribution in [1.29, 1.82) is 5.26 Å². The van der Waals surface area contributed by atoms with Gasteiger partial charge in [-0.3, -0.25) is 4.72 Å². The highest BCUT2D eigenvalue weighted by Gasteiger charge is 2.37. The van der Waals surface area contributed by atoms with Gasteiger partial charge in [-0.15, -0.1) is 0 Å². The zero-order valence-corrected chi connectivity index (χ0v) is 13.4. The monoisotopic (exact) mass is 339 g/mol. The molecule has 0 spiro atoms. The van der Waals surface area contributed by atoms with Gasteiger partial charge in [0.25, 0.3) is 0 Å². The van der Waals surface area contributed by atoms with Gasteiger partial charge in [0.2, 0.25) is 10.0 Å². The molecule has 24 heavy (non-hydrogen) atoms. The maximum Gasteiger partial charge on any atom is 0.236 e. The second kappa shape index (κ2) is 5.32. The zero-order chi connectivity index (χ0) is 16.7. The largest absolute Gasteiger partial charge is 0.266 e. The lowest BCUT2D eigenvalue weighted by molar-refractivity contribution is 0.599. The lowest BCUT2D eigenvalue weighted by Gasteiger charge is -2.10. The van der Waals surface area contributed by atoms with Crippen LogP contribution in [0, 0.1) is 11.3 Å². The third-order valence-electron chi connectivity index (χ3n) is 3.89. The Morgan fingerprint density at radius 3 is 2.75 bits per heavy atom. The number of para-hydroxylation sites is 1. The van der Waals surface area contributed by atoms with Gasteiger partial charge in [-0.2, -0.15) is 15.0 Å². The molecule has 1 fully saturated rings. The molecule has 2 aromatic heterocycles. The van der Waals surface area contributed by atoms with Gasteiger partial charge < -0.3 is 0 Å². The van der Waals surface area contributed by atoms with Gasteiger partial charge in [0, 0.05) is 5.39 Å². The van der Waals surface area contributed by atoms with E-state index in [0.717, 1.165) is 10.9 Å². The maximum atomic E-state index is 12.2. The van der Waals surface area contributed by atoms with Crippen LogP contribution in [0.25, 0.3) is 16.7 Å². The van der Waals surface area contributed by atoms with Crippen molar-refractivity contribution in [2.24, 2.45) is 0 Å². The molecule has 1 aliphatic carbocycles. The van der Waals surface area contributed by atoms with Crippen molar-refractivity contribution in [3.05, 3.63) is 48.2 Å². The van der Waals surface area contributed by atoms with E-state index in [4.69, 9.17) is 0 Å². The van der Waals surface area contributed by atoms with E-state index in [1.165, 1.54) is 10.9 Å². The van der Waals surface area contributed by atoms with Gasteiger partial charge in [-0.1, -0.05) is 18.2 Å². The molecule has 1 aromatic carbocycles. The van der Waals surface area contributed by atoms with Crippen molar-refractivity contribution >= 4 is 26.7 Å². The molecule has 3 aromatic rings. The Morgan fingerprint density at radius 1 is 1.21 bits per heavy atom. The Hall–Kier alpha value is -2.92. The number of sulfonamides is 1. The molecule has 4 rings (SSSR count). The van der Waals surface area contributed by atoms with Crippen molar-refractivity contribution in [3.63, 3.8) is 0 Å². The zero-order valence-electron chi connectivity index (χ0n) is 12.5. The lowest BCUT2D eigenvalue weighted by Crippen LogP contribution is -2.20. The summed E-state index contributed by atoms with van der Waals surface area (Å²) >= 11 is 0. The van der Waals surface area contributed by atoms with Gasteiger partial charge in [0.1, 0.15) is 11.6 Å². The first kappa shape index (κ1) is 14.7. The van der Waals surface area contributed by atoms with E-state index in [2.05, 4.69) is 14.8 Å². The SMILES string of the molecule is N#Cc1cnn(-c2ccc3ccccc3n2)c1NS(=O)(=O)C1CC1. The molecule has 0 atom stereocenters. The minimum Gasteiger partial charge on any atom is -0.266 e. The molecule has 7 nitrogen and oxygen atoms in total. The van der Waals surface area contributed by atoms with Crippen LogP contribution in [0.3, 0.4) is 0 Å². The summed E-state index contributed by atoms with van der Waals surface area (Å²) in [5.41, 5.74) is 0.925. The quantitative estimate of drug-likeness (QED) is 0.785. The molecular formula is C16H13N5O2S. The van der Waals surface area contributed by atoms with Gasteiger partial charge in [0.15, 0.2) is 11.6 Å². The fourth-order valence-electron chi connectivity index (χ4n) is 2.47. The number of benzene rings is 1. The predicted octanol–water partition coefficient (Wildman–Crippen LogP) is 2.20. The predicted molar refractivity (Wildman–Crippen MR) is 89.1 cm³/mol. The average molecular weight is 339 g/mol. The molecule has 0 unspecified atom stereocenters. The van der Waals surface area contributed by atoms with Crippen molar-refractivity contribution < 1.29 is 8.42 Å². The molecule has 0 radical (unpaired) electrons. The van der Waals surface area contributed by atoms with Crippen LogP contribution in [0.5, 0.6) is 0 Å². The van der Waals surface area contributed by atoms with E-state index in [0.29, 0.717) is 18.7 Å². The number of hydrogen-bond donors (Lipinski definition) is 1. The maximum absolute atomic E-state index is 12.2. The summed E-state index contributed by atoms with van der Waals surface area (Å²) in [4.78, 5) is 4.50. The summed E-state index contributed by atoms with van der Waals surface area (Å²) in [6.07, 6.45) is 2.61. The molecule has 1 aliphatic rings. The van der Waals surface area contributed by atoms with E-state index < -0.39 is 15.3 Å². The van der Waals surface area contributed by atoms with Crippen LogP contribution in [0.2, 0.25) is 0 Å². The fraction of sp³-hybridized carbons (Fsp3) is 0.188. The molecular weight excluding hydrogens is 326 g/mol. The third-order valence-corrected chi connectivity index (χ3v) is 5.72. The number of rotatable bonds is 4. The Balaban J connectivity index is 1.82. The third kappa shape index (κ3) is 2.49. The summed E-state index contributed by atoms with van der Waals surface area (Å²) in [5.74, 6) is 0.580. The molecule has 0 aliphatic heterocycles. The van der Waals surface area contributed by atoms with E-state index in [9.17, 15) is 13.7 Å². The number of nitrogens with one attached hydrogen (secondary N) is 1. The topological polar surface area (TPSA) is 101 Å². The van der Waals surface area contributed by atoms with Crippen LogP contribution in [0.15, 0.2) is 42.6 Å².